The number of ether oxygens (including phenoxy) is 3. The van der Waals surface area contributed by atoms with Crippen LogP contribution in [0.4, 0.5) is 0 Å². The zero-order valence-corrected chi connectivity index (χ0v) is 19.8. The number of cyclic esters (lactones) is 1. The van der Waals surface area contributed by atoms with E-state index in [1.807, 2.05) is 19.9 Å². The number of esters is 1. The Kier molecular flexibility index (Phi) is 7.42. The normalized spacial score (nSPS) is 41.5. The molecule has 2 heterocycles. The number of methoxy groups -OCH3 is 1. The second-order valence-corrected chi connectivity index (χ2v) is 9.76. The second-order valence-electron chi connectivity index (χ2n) is 9.76. The summed E-state index contributed by atoms with van der Waals surface area (Å²) in [5, 5.41) is 10.3. The van der Waals surface area contributed by atoms with Crippen LogP contribution in [-0.2, 0) is 28.6 Å². The molecule has 2 aliphatic heterocycles. The van der Waals surface area contributed by atoms with Gasteiger partial charge in [0.15, 0.2) is 6.10 Å². The van der Waals surface area contributed by atoms with Crippen molar-refractivity contribution >= 4 is 18.0 Å². The van der Waals surface area contributed by atoms with Gasteiger partial charge < -0.3 is 24.1 Å². The molecule has 0 aromatic carbocycles. The highest BCUT2D eigenvalue weighted by molar-refractivity contribution is 5.81. The van der Waals surface area contributed by atoms with E-state index in [2.05, 4.69) is 12.2 Å². The summed E-state index contributed by atoms with van der Waals surface area (Å²) in [5.74, 6) is -1.96. The lowest BCUT2D eigenvalue weighted by molar-refractivity contribution is -0.171. The summed E-state index contributed by atoms with van der Waals surface area (Å²) in [7, 11) is 1.47. The van der Waals surface area contributed by atoms with Gasteiger partial charge >= 0.3 is 5.97 Å². The van der Waals surface area contributed by atoms with Gasteiger partial charge in [-0.3, -0.25) is 4.79 Å². The maximum atomic E-state index is 12.8. The molecule has 0 aromatic rings. The largest absolute Gasteiger partial charge is 0.457 e. The molecule has 1 aliphatic carbocycles. The summed E-state index contributed by atoms with van der Waals surface area (Å²) in [5.41, 5.74) is 0.263. The molecule has 1 saturated heterocycles. The molecule has 1 unspecified atom stereocenters. The highest BCUT2D eigenvalue weighted by Gasteiger charge is 2.56. The average Bonchev–Trinajstić information content (AvgIpc) is 3.05. The molecule has 1 spiro atoms. The number of fused-ring (bicyclic) bond motifs is 1. The van der Waals surface area contributed by atoms with Gasteiger partial charge in [0, 0.05) is 30.8 Å². The molecule has 32 heavy (non-hydrogen) atoms. The van der Waals surface area contributed by atoms with E-state index in [1.54, 1.807) is 13.8 Å². The van der Waals surface area contributed by atoms with E-state index >= 15 is 0 Å². The smallest absolute Gasteiger partial charge is 0.335 e. The van der Waals surface area contributed by atoms with Crippen LogP contribution >= 0.6 is 0 Å². The Labute approximate surface area is 190 Å². The summed E-state index contributed by atoms with van der Waals surface area (Å²) in [6, 6.07) is 0. The Morgan fingerprint density at radius 2 is 2.00 bits per heavy atom. The summed E-state index contributed by atoms with van der Waals surface area (Å²) in [6.07, 6.45) is 5.19. The van der Waals surface area contributed by atoms with Crippen LogP contribution < -0.4 is 0 Å². The topological polar surface area (TPSA) is 99.1 Å². The van der Waals surface area contributed by atoms with Crippen molar-refractivity contribution in [1.29, 1.82) is 0 Å². The molecule has 0 amide bonds. The molecular weight excluding hydrogens is 412 g/mol. The second kappa shape index (κ2) is 9.57. The predicted molar refractivity (Wildman–Crippen MR) is 118 cm³/mol. The van der Waals surface area contributed by atoms with Crippen LogP contribution in [0.1, 0.15) is 47.5 Å². The summed E-state index contributed by atoms with van der Waals surface area (Å²) in [6.45, 7) is 8.77. The van der Waals surface area contributed by atoms with Crippen LogP contribution in [0.15, 0.2) is 23.8 Å². The Bertz CT molecular complexity index is 800. The molecule has 1 N–H and O–H groups in total. The highest BCUT2D eigenvalue weighted by atomic mass is 16.6. The van der Waals surface area contributed by atoms with Crippen molar-refractivity contribution in [3.05, 3.63) is 23.8 Å². The maximum Gasteiger partial charge on any atom is 0.335 e. The van der Waals surface area contributed by atoms with Gasteiger partial charge in [-0.2, -0.15) is 0 Å². The van der Waals surface area contributed by atoms with Gasteiger partial charge in [0.05, 0.1) is 23.7 Å². The van der Waals surface area contributed by atoms with Crippen molar-refractivity contribution in [1.82, 2.24) is 0 Å². The standard InChI is InChI=1S/C25H36O7/c1-13-9-14(2)25-11-18(23(32-25)20(12-26)15(3)16(4)27)7-8-19(25)10-21(30-6)24(29)31-22(13)17(5)28/h7-9,12-13,15,17-23,28H,10-11H2,1-6H3/b14-9+/t13-,15?,17-,18-,19-,20+,21+,22+,23-,25+/m1/s1. The van der Waals surface area contributed by atoms with Gasteiger partial charge in [-0.05, 0) is 39.2 Å². The lowest BCUT2D eigenvalue weighted by Crippen LogP contribution is -2.46. The lowest BCUT2D eigenvalue weighted by Gasteiger charge is -2.41. The number of hydrogen-bond acceptors (Lipinski definition) is 7. The number of aldehydes is 1. The molecule has 0 aromatic heterocycles. The van der Waals surface area contributed by atoms with Gasteiger partial charge in [0.25, 0.3) is 0 Å². The van der Waals surface area contributed by atoms with Crippen LogP contribution in [0.5, 0.6) is 0 Å². The van der Waals surface area contributed by atoms with Crippen LogP contribution in [0.3, 0.4) is 0 Å². The molecule has 0 saturated carbocycles. The highest BCUT2D eigenvalue weighted by Crippen LogP contribution is 2.53. The number of ketones is 1. The fourth-order valence-corrected chi connectivity index (χ4v) is 5.63. The SMILES string of the molecule is CO[C@H]1C[C@H]2C=C[C@@H]3C[C@]2(O[C@H]3[C@@H](C=O)C(C)C(C)=O)/C(C)=C/[C@@H](C)[C@@H]([C@@H](C)O)OC1=O. The van der Waals surface area contributed by atoms with Crippen LogP contribution in [0, 0.1) is 29.6 Å². The zero-order chi connectivity index (χ0) is 23.8. The van der Waals surface area contributed by atoms with Crippen molar-refractivity contribution in [2.24, 2.45) is 29.6 Å². The average molecular weight is 449 g/mol. The molecular formula is C25H36O7. The van der Waals surface area contributed by atoms with E-state index in [9.17, 15) is 19.5 Å². The van der Waals surface area contributed by atoms with Crippen LogP contribution in [-0.4, -0.2) is 60.3 Å². The van der Waals surface area contributed by atoms with E-state index in [0.29, 0.717) is 12.8 Å². The Morgan fingerprint density at radius 3 is 2.56 bits per heavy atom. The number of aliphatic hydroxyl groups is 1. The summed E-state index contributed by atoms with van der Waals surface area (Å²) < 4.78 is 17.9. The van der Waals surface area contributed by atoms with E-state index in [-0.39, 0.29) is 23.5 Å². The van der Waals surface area contributed by atoms with Crippen LogP contribution in [0.2, 0.25) is 0 Å². The Morgan fingerprint density at radius 1 is 1.31 bits per heavy atom. The van der Waals surface area contributed by atoms with E-state index in [0.717, 1.165) is 11.9 Å². The Balaban J connectivity index is 2.06. The van der Waals surface area contributed by atoms with Crippen LogP contribution in [0.25, 0.3) is 0 Å². The monoisotopic (exact) mass is 448 g/mol. The number of carbonyl (C=O) groups is 3. The van der Waals surface area contributed by atoms with Gasteiger partial charge in [-0.1, -0.05) is 32.1 Å². The fourth-order valence-electron chi connectivity index (χ4n) is 5.63. The third-order valence-corrected chi connectivity index (χ3v) is 7.69. The molecule has 0 radical (unpaired) electrons. The van der Waals surface area contributed by atoms with E-state index in [4.69, 9.17) is 14.2 Å². The molecule has 10 atom stereocenters. The minimum absolute atomic E-state index is 0.00893. The first-order valence-corrected chi connectivity index (χ1v) is 11.5. The summed E-state index contributed by atoms with van der Waals surface area (Å²) >= 11 is 0. The number of carbonyl (C=O) groups excluding carboxylic acids is 3. The van der Waals surface area contributed by atoms with E-state index in [1.165, 1.54) is 14.0 Å². The van der Waals surface area contributed by atoms with Gasteiger partial charge in [-0.25, -0.2) is 4.79 Å². The third kappa shape index (κ3) is 4.35. The first kappa shape index (κ1) is 24.8. The minimum Gasteiger partial charge on any atom is -0.457 e. The molecule has 3 aliphatic rings. The quantitative estimate of drug-likeness (QED) is 0.379. The maximum absolute atomic E-state index is 12.8. The molecule has 7 nitrogen and oxygen atoms in total. The lowest BCUT2D eigenvalue weighted by atomic mass is 9.69. The number of hydrogen-bond donors (Lipinski definition) is 1. The van der Waals surface area contributed by atoms with Crippen molar-refractivity contribution in [2.45, 2.75) is 77.5 Å². The molecule has 2 bridgehead atoms. The van der Waals surface area contributed by atoms with Gasteiger partial charge in [-0.15, -0.1) is 0 Å². The predicted octanol–water partition coefficient (Wildman–Crippen LogP) is 2.65. The number of aliphatic hydroxyl groups excluding tert-OH is 1. The van der Waals surface area contributed by atoms with Crippen molar-refractivity contribution in [2.75, 3.05) is 7.11 Å². The molecule has 178 valence electrons. The van der Waals surface area contributed by atoms with Gasteiger partial charge in [0.2, 0.25) is 0 Å². The fraction of sp³-hybridized carbons (Fsp3) is 0.720. The Hall–Kier alpha value is -1.83. The van der Waals surface area contributed by atoms with Crippen molar-refractivity contribution < 1.29 is 33.7 Å². The van der Waals surface area contributed by atoms with E-state index < -0.39 is 47.8 Å². The minimum atomic E-state index is -0.852. The van der Waals surface area contributed by atoms with Crippen molar-refractivity contribution in [3.63, 3.8) is 0 Å². The number of Topliss-reactive ketones (excluding diaryl/α,β-unsaturated/α-hetero) is 1. The molecule has 3 rings (SSSR count). The first-order valence-electron chi connectivity index (χ1n) is 11.5. The first-order chi connectivity index (χ1) is 15.0. The van der Waals surface area contributed by atoms with Crippen molar-refractivity contribution in [3.8, 4) is 0 Å². The molecule has 7 heteroatoms. The zero-order valence-electron chi connectivity index (χ0n) is 19.8. The molecule has 1 fully saturated rings. The number of rotatable bonds is 6. The summed E-state index contributed by atoms with van der Waals surface area (Å²) in [4.78, 5) is 36.9. The third-order valence-electron chi connectivity index (χ3n) is 7.69. The van der Waals surface area contributed by atoms with Gasteiger partial charge in [0.1, 0.15) is 18.2 Å².